The van der Waals surface area contributed by atoms with Gasteiger partial charge in [0.2, 0.25) is 5.91 Å². The Hall–Kier alpha value is -2.84. The molecule has 2 amide bonds. The minimum Gasteiger partial charge on any atom is -0.496 e. The van der Waals surface area contributed by atoms with Gasteiger partial charge in [-0.15, -0.1) is 0 Å². The molecule has 0 spiro atoms. The highest BCUT2D eigenvalue weighted by molar-refractivity contribution is 8.00. The molecule has 0 radical (unpaired) electrons. The number of hydrazine groups is 1. The smallest absolute Gasteiger partial charge is 0.273 e. The number of aromatic nitrogens is 2. The summed E-state index contributed by atoms with van der Waals surface area (Å²) in [5.41, 5.74) is 5.79. The SMILES string of the molecule is COc1ccc(Cl)cc1C(=O)NNC(=O)CSc1nc(C)nc2ccccc12. The number of rotatable bonds is 5. The molecule has 1 heterocycles. The van der Waals surface area contributed by atoms with Crippen LogP contribution in [-0.4, -0.2) is 34.6 Å². The Bertz CT molecular complexity index is 1040. The molecule has 2 N–H and O–H groups in total. The van der Waals surface area contributed by atoms with Crippen LogP contribution >= 0.6 is 23.4 Å². The van der Waals surface area contributed by atoms with E-state index in [4.69, 9.17) is 16.3 Å². The van der Waals surface area contributed by atoms with Crippen molar-refractivity contribution in [2.24, 2.45) is 0 Å². The van der Waals surface area contributed by atoms with Crippen LogP contribution in [-0.2, 0) is 4.79 Å². The van der Waals surface area contributed by atoms with E-state index in [1.165, 1.54) is 24.9 Å². The largest absolute Gasteiger partial charge is 0.496 e. The van der Waals surface area contributed by atoms with Crippen molar-refractivity contribution in [3.63, 3.8) is 0 Å². The molecular weight excluding hydrogens is 400 g/mol. The van der Waals surface area contributed by atoms with E-state index < -0.39 is 5.91 Å². The zero-order valence-corrected chi connectivity index (χ0v) is 16.7. The molecule has 0 saturated heterocycles. The second-order valence-corrected chi connectivity index (χ2v) is 7.13. The zero-order chi connectivity index (χ0) is 20.1. The number of carbonyl (C=O) groups excluding carboxylic acids is 2. The van der Waals surface area contributed by atoms with Crippen LogP contribution in [0.5, 0.6) is 5.75 Å². The summed E-state index contributed by atoms with van der Waals surface area (Å²) in [6.07, 6.45) is 0. The number of fused-ring (bicyclic) bond motifs is 1. The van der Waals surface area contributed by atoms with E-state index in [0.29, 0.717) is 21.6 Å². The van der Waals surface area contributed by atoms with Crippen molar-refractivity contribution in [2.45, 2.75) is 11.9 Å². The molecule has 0 fully saturated rings. The lowest BCUT2D eigenvalue weighted by molar-refractivity contribution is -0.119. The lowest BCUT2D eigenvalue weighted by Gasteiger charge is -2.11. The summed E-state index contributed by atoms with van der Waals surface area (Å²) < 4.78 is 5.14. The van der Waals surface area contributed by atoms with Gasteiger partial charge < -0.3 is 4.74 Å². The van der Waals surface area contributed by atoms with Crippen molar-refractivity contribution < 1.29 is 14.3 Å². The molecule has 0 aliphatic carbocycles. The summed E-state index contributed by atoms with van der Waals surface area (Å²) in [6, 6.07) is 12.2. The normalized spacial score (nSPS) is 10.5. The quantitative estimate of drug-likeness (QED) is 0.377. The summed E-state index contributed by atoms with van der Waals surface area (Å²) >= 11 is 7.19. The number of hydrogen-bond acceptors (Lipinski definition) is 6. The number of thioether (sulfide) groups is 1. The Labute approximate surface area is 170 Å². The van der Waals surface area contributed by atoms with Gasteiger partial charge >= 0.3 is 0 Å². The van der Waals surface area contributed by atoms with Gasteiger partial charge in [-0.05, 0) is 31.2 Å². The molecule has 0 saturated carbocycles. The first-order valence-corrected chi connectivity index (χ1v) is 9.63. The zero-order valence-electron chi connectivity index (χ0n) is 15.2. The van der Waals surface area contributed by atoms with Crippen LogP contribution < -0.4 is 15.6 Å². The van der Waals surface area contributed by atoms with Crippen LogP contribution in [0.25, 0.3) is 10.9 Å². The Morgan fingerprint density at radius 3 is 2.71 bits per heavy atom. The van der Waals surface area contributed by atoms with Crippen LogP contribution in [0.1, 0.15) is 16.2 Å². The van der Waals surface area contributed by atoms with E-state index in [9.17, 15) is 9.59 Å². The fraction of sp³-hybridized carbons (Fsp3) is 0.158. The van der Waals surface area contributed by atoms with Crippen molar-refractivity contribution in [2.75, 3.05) is 12.9 Å². The van der Waals surface area contributed by atoms with E-state index in [1.807, 2.05) is 24.3 Å². The molecule has 0 unspecified atom stereocenters. The fourth-order valence-electron chi connectivity index (χ4n) is 2.49. The molecule has 0 aliphatic rings. The van der Waals surface area contributed by atoms with Gasteiger partial charge in [0, 0.05) is 10.4 Å². The summed E-state index contributed by atoms with van der Waals surface area (Å²) in [6.45, 7) is 1.80. The third-order valence-electron chi connectivity index (χ3n) is 3.74. The first-order valence-electron chi connectivity index (χ1n) is 8.27. The van der Waals surface area contributed by atoms with Crippen molar-refractivity contribution >= 4 is 46.1 Å². The Balaban J connectivity index is 1.61. The van der Waals surface area contributed by atoms with Gasteiger partial charge in [-0.1, -0.05) is 41.6 Å². The van der Waals surface area contributed by atoms with E-state index >= 15 is 0 Å². The number of halogens is 1. The number of benzene rings is 2. The highest BCUT2D eigenvalue weighted by Crippen LogP contribution is 2.25. The number of methoxy groups -OCH3 is 1. The van der Waals surface area contributed by atoms with Crippen molar-refractivity contribution in [3.05, 3.63) is 58.9 Å². The van der Waals surface area contributed by atoms with Gasteiger partial charge in [0.15, 0.2) is 0 Å². The number of hydrogen-bond donors (Lipinski definition) is 2. The van der Waals surface area contributed by atoms with Gasteiger partial charge in [0.25, 0.3) is 5.91 Å². The molecule has 0 bridgehead atoms. The van der Waals surface area contributed by atoms with Crippen LogP contribution in [0.3, 0.4) is 0 Å². The van der Waals surface area contributed by atoms with Crippen LogP contribution in [0.2, 0.25) is 5.02 Å². The maximum absolute atomic E-state index is 12.3. The number of carbonyl (C=O) groups is 2. The average molecular weight is 417 g/mol. The first-order chi connectivity index (χ1) is 13.5. The Morgan fingerprint density at radius 2 is 1.93 bits per heavy atom. The Kier molecular flexibility index (Phi) is 6.33. The minimum atomic E-state index is -0.527. The number of aryl methyl sites for hydroxylation is 1. The maximum Gasteiger partial charge on any atom is 0.273 e. The molecular formula is C19H17ClN4O3S. The highest BCUT2D eigenvalue weighted by atomic mass is 35.5. The summed E-state index contributed by atoms with van der Waals surface area (Å²) in [7, 11) is 1.45. The van der Waals surface area contributed by atoms with E-state index in [0.717, 1.165) is 10.9 Å². The lowest BCUT2D eigenvalue weighted by Crippen LogP contribution is -2.42. The van der Waals surface area contributed by atoms with Crippen molar-refractivity contribution in [1.29, 1.82) is 0 Å². The minimum absolute atomic E-state index is 0.0768. The first kappa shape index (κ1) is 19.9. The second kappa shape index (κ2) is 8.90. The van der Waals surface area contributed by atoms with E-state index in [1.54, 1.807) is 19.1 Å². The predicted octanol–water partition coefficient (Wildman–Crippen LogP) is 3.15. The number of amides is 2. The molecule has 9 heteroatoms. The average Bonchev–Trinajstić information content (AvgIpc) is 2.70. The summed E-state index contributed by atoms with van der Waals surface area (Å²) in [4.78, 5) is 33.2. The van der Waals surface area contributed by atoms with Crippen LogP contribution in [0.15, 0.2) is 47.5 Å². The number of nitrogens with zero attached hydrogens (tertiary/aromatic N) is 2. The van der Waals surface area contributed by atoms with Gasteiger partial charge in [0.1, 0.15) is 16.6 Å². The summed E-state index contributed by atoms with van der Waals surface area (Å²) in [5, 5.41) is 1.97. The molecule has 1 aromatic heterocycles. The van der Waals surface area contributed by atoms with E-state index in [-0.39, 0.29) is 17.2 Å². The topological polar surface area (TPSA) is 93.2 Å². The number of para-hydroxylation sites is 1. The molecule has 0 atom stereocenters. The molecule has 28 heavy (non-hydrogen) atoms. The van der Waals surface area contributed by atoms with Gasteiger partial charge in [0.05, 0.1) is 23.9 Å². The molecule has 2 aromatic carbocycles. The molecule has 144 valence electrons. The molecule has 0 aliphatic heterocycles. The number of nitrogens with one attached hydrogen (secondary N) is 2. The maximum atomic E-state index is 12.3. The predicted molar refractivity (Wildman–Crippen MR) is 109 cm³/mol. The molecule has 7 nitrogen and oxygen atoms in total. The lowest BCUT2D eigenvalue weighted by atomic mass is 10.2. The van der Waals surface area contributed by atoms with Gasteiger partial charge in [-0.25, -0.2) is 9.97 Å². The monoisotopic (exact) mass is 416 g/mol. The standard InChI is InChI=1S/C19H17ClN4O3S/c1-11-21-15-6-4-3-5-13(15)19(22-11)28-10-17(25)23-24-18(26)14-9-12(20)7-8-16(14)27-2/h3-9H,10H2,1-2H3,(H,23,25)(H,24,26). The summed E-state index contributed by atoms with van der Waals surface area (Å²) in [5.74, 6) is 0.157. The number of ether oxygens (including phenoxy) is 1. The van der Waals surface area contributed by atoms with Crippen molar-refractivity contribution in [1.82, 2.24) is 20.8 Å². The van der Waals surface area contributed by atoms with Gasteiger partial charge in [-0.3, -0.25) is 20.4 Å². The van der Waals surface area contributed by atoms with Gasteiger partial charge in [-0.2, -0.15) is 0 Å². The molecule has 3 aromatic rings. The third kappa shape index (κ3) is 4.71. The van der Waals surface area contributed by atoms with Crippen LogP contribution in [0, 0.1) is 6.92 Å². The fourth-order valence-corrected chi connectivity index (χ4v) is 3.53. The third-order valence-corrected chi connectivity index (χ3v) is 4.97. The Morgan fingerprint density at radius 1 is 1.14 bits per heavy atom. The highest BCUT2D eigenvalue weighted by Gasteiger charge is 2.14. The second-order valence-electron chi connectivity index (χ2n) is 5.73. The van der Waals surface area contributed by atoms with Crippen molar-refractivity contribution in [3.8, 4) is 5.75 Å². The van der Waals surface area contributed by atoms with E-state index in [2.05, 4.69) is 20.8 Å². The van der Waals surface area contributed by atoms with Crippen LogP contribution in [0.4, 0.5) is 0 Å². The molecule has 3 rings (SSSR count).